The highest BCUT2D eigenvalue weighted by Crippen LogP contribution is 2.39. The third kappa shape index (κ3) is 1.92. The molecule has 1 saturated heterocycles. The lowest BCUT2D eigenvalue weighted by atomic mass is 9.74. The normalized spacial score (nSPS) is 27.5. The minimum absolute atomic E-state index is 0.0630. The zero-order valence-corrected chi connectivity index (χ0v) is 9.76. The molecule has 14 heavy (non-hydrogen) atoms. The van der Waals surface area contributed by atoms with Crippen molar-refractivity contribution < 1.29 is 9.90 Å². The molecular weight excluding hydrogens is 178 g/mol. The van der Waals surface area contributed by atoms with Gasteiger partial charge in [-0.1, -0.05) is 0 Å². The van der Waals surface area contributed by atoms with E-state index < -0.39 is 5.97 Å². The SMILES string of the molecule is CN1C(C)(C)CC(C(=O)[O-])CC1(C)C. The molecule has 0 atom stereocenters. The van der Waals surface area contributed by atoms with Crippen LogP contribution in [0, 0.1) is 5.92 Å². The van der Waals surface area contributed by atoms with Crippen molar-refractivity contribution in [2.45, 2.75) is 51.6 Å². The minimum atomic E-state index is -0.903. The monoisotopic (exact) mass is 198 g/mol. The minimum Gasteiger partial charge on any atom is -0.550 e. The second kappa shape index (κ2) is 3.23. The molecule has 82 valence electrons. The largest absolute Gasteiger partial charge is 0.550 e. The summed E-state index contributed by atoms with van der Waals surface area (Å²) in [5.41, 5.74) is -0.126. The van der Waals surface area contributed by atoms with Gasteiger partial charge in [0.15, 0.2) is 0 Å². The third-order valence-corrected chi connectivity index (χ3v) is 3.64. The predicted octanol–water partition coefficient (Wildman–Crippen LogP) is 0.635. The molecule has 1 fully saturated rings. The Morgan fingerprint density at radius 3 is 1.86 bits per heavy atom. The summed E-state index contributed by atoms with van der Waals surface area (Å²) in [5.74, 6) is -1.21. The molecule has 0 aliphatic carbocycles. The van der Waals surface area contributed by atoms with Crippen molar-refractivity contribution in [2.75, 3.05) is 7.05 Å². The fourth-order valence-corrected chi connectivity index (χ4v) is 2.54. The van der Waals surface area contributed by atoms with Gasteiger partial charge in [-0.2, -0.15) is 0 Å². The van der Waals surface area contributed by atoms with Crippen LogP contribution in [-0.2, 0) is 4.79 Å². The van der Waals surface area contributed by atoms with Crippen LogP contribution in [0.15, 0.2) is 0 Å². The number of hydrogen-bond donors (Lipinski definition) is 0. The maximum absolute atomic E-state index is 10.9. The Hall–Kier alpha value is -0.570. The molecule has 0 aromatic rings. The first kappa shape index (κ1) is 11.5. The van der Waals surface area contributed by atoms with Crippen molar-refractivity contribution in [3.63, 3.8) is 0 Å². The van der Waals surface area contributed by atoms with Crippen molar-refractivity contribution in [1.82, 2.24) is 4.90 Å². The number of hydrogen-bond acceptors (Lipinski definition) is 3. The first-order chi connectivity index (χ1) is 6.17. The van der Waals surface area contributed by atoms with E-state index in [2.05, 4.69) is 39.6 Å². The van der Waals surface area contributed by atoms with Crippen LogP contribution >= 0.6 is 0 Å². The second-order valence-electron chi connectivity index (χ2n) is 5.61. The smallest absolute Gasteiger partial charge is 0.0446 e. The summed E-state index contributed by atoms with van der Waals surface area (Å²) < 4.78 is 0. The molecule has 0 saturated carbocycles. The predicted molar refractivity (Wildman–Crippen MR) is 53.7 cm³/mol. The number of carbonyl (C=O) groups excluding carboxylic acids is 1. The maximum Gasteiger partial charge on any atom is 0.0446 e. The lowest BCUT2D eigenvalue weighted by Crippen LogP contribution is -2.60. The number of likely N-dealkylation sites (tertiary alicyclic amines) is 1. The summed E-state index contributed by atoms with van der Waals surface area (Å²) >= 11 is 0. The van der Waals surface area contributed by atoms with Gasteiger partial charge in [-0.25, -0.2) is 0 Å². The number of piperidine rings is 1. The molecule has 0 N–H and O–H groups in total. The van der Waals surface area contributed by atoms with Crippen LogP contribution in [0.4, 0.5) is 0 Å². The Kier molecular flexibility index (Phi) is 2.65. The van der Waals surface area contributed by atoms with E-state index in [1.165, 1.54) is 0 Å². The maximum atomic E-state index is 10.9. The van der Waals surface area contributed by atoms with E-state index in [1.54, 1.807) is 0 Å². The van der Waals surface area contributed by atoms with Crippen LogP contribution in [0.2, 0.25) is 0 Å². The Labute approximate surface area is 86.1 Å². The number of aliphatic carboxylic acids is 1. The number of carboxylic acid groups (broad SMARTS) is 1. The number of rotatable bonds is 1. The van der Waals surface area contributed by atoms with E-state index in [1.807, 2.05) is 0 Å². The molecule has 1 aliphatic heterocycles. The van der Waals surface area contributed by atoms with E-state index in [4.69, 9.17) is 0 Å². The van der Waals surface area contributed by atoms with Crippen molar-refractivity contribution >= 4 is 5.97 Å². The molecule has 0 amide bonds. The molecule has 0 aromatic carbocycles. The van der Waals surface area contributed by atoms with E-state index in [0.29, 0.717) is 12.8 Å². The zero-order valence-electron chi connectivity index (χ0n) is 9.76. The molecule has 1 heterocycles. The van der Waals surface area contributed by atoms with Gasteiger partial charge in [0.2, 0.25) is 0 Å². The number of carbonyl (C=O) groups is 1. The summed E-state index contributed by atoms with van der Waals surface area (Å²) in [5, 5.41) is 10.9. The van der Waals surface area contributed by atoms with Gasteiger partial charge >= 0.3 is 0 Å². The lowest BCUT2D eigenvalue weighted by molar-refractivity contribution is -0.315. The van der Waals surface area contributed by atoms with Crippen LogP contribution < -0.4 is 5.11 Å². The zero-order chi connectivity index (χ0) is 11.1. The molecule has 1 aliphatic rings. The Bertz CT molecular complexity index is 228. The van der Waals surface area contributed by atoms with E-state index in [0.717, 1.165) is 0 Å². The van der Waals surface area contributed by atoms with E-state index in [9.17, 15) is 9.90 Å². The van der Waals surface area contributed by atoms with Crippen LogP contribution in [0.25, 0.3) is 0 Å². The number of carboxylic acids is 1. The van der Waals surface area contributed by atoms with Crippen molar-refractivity contribution in [1.29, 1.82) is 0 Å². The van der Waals surface area contributed by atoms with Crippen molar-refractivity contribution in [2.24, 2.45) is 5.92 Å². The number of nitrogens with zero attached hydrogens (tertiary/aromatic N) is 1. The van der Waals surface area contributed by atoms with Gasteiger partial charge in [0, 0.05) is 23.0 Å². The van der Waals surface area contributed by atoms with E-state index >= 15 is 0 Å². The first-order valence-electron chi connectivity index (χ1n) is 5.11. The summed E-state index contributed by atoms with van der Waals surface area (Å²) in [6.07, 6.45) is 1.35. The van der Waals surface area contributed by atoms with Gasteiger partial charge in [-0.15, -0.1) is 0 Å². The molecular formula is C11H20NO2-. The fourth-order valence-electron chi connectivity index (χ4n) is 2.54. The summed E-state index contributed by atoms with van der Waals surface area (Å²) in [4.78, 5) is 13.2. The highest BCUT2D eigenvalue weighted by molar-refractivity contribution is 5.68. The summed E-state index contributed by atoms with van der Waals surface area (Å²) in [6.45, 7) is 8.35. The molecule has 0 bridgehead atoms. The molecule has 3 nitrogen and oxygen atoms in total. The highest BCUT2D eigenvalue weighted by atomic mass is 16.4. The molecule has 0 unspecified atom stereocenters. The van der Waals surface area contributed by atoms with Gasteiger partial charge in [-0.05, 0) is 47.6 Å². The second-order valence-corrected chi connectivity index (χ2v) is 5.61. The average Bonchev–Trinajstić information content (AvgIpc) is 1.98. The van der Waals surface area contributed by atoms with E-state index in [-0.39, 0.29) is 17.0 Å². The van der Waals surface area contributed by atoms with Crippen molar-refractivity contribution in [3.8, 4) is 0 Å². The first-order valence-corrected chi connectivity index (χ1v) is 5.11. The van der Waals surface area contributed by atoms with Gasteiger partial charge < -0.3 is 9.90 Å². The van der Waals surface area contributed by atoms with Gasteiger partial charge in [0.05, 0.1) is 0 Å². The summed E-state index contributed by atoms with van der Waals surface area (Å²) in [7, 11) is 2.06. The van der Waals surface area contributed by atoms with Crippen LogP contribution in [0.3, 0.4) is 0 Å². The average molecular weight is 198 g/mol. The molecule has 0 spiro atoms. The Morgan fingerprint density at radius 2 is 1.57 bits per heavy atom. The molecule has 0 radical (unpaired) electrons. The van der Waals surface area contributed by atoms with Gasteiger partial charge in [0.25, 0.3) is 0 Å². The fraction of sp³-hybridized carbons (Fsp3) is 0.909. The van der Waals surface area contributed by atoms with Gasteiger partial charge in [0.1, 0.15) is 0 Å². The highest BCUT2D eigenvalue weighted by Gasteiger charge is 2.43. The molecule has 3 heteroatoms. The Morgan fingerprint density at radius 1 is 1.21 bits per heavy atom. The quantitative estimate of drug-likeness (QED) is 0.621. The summed E-state index contributed by atoms with van der Waals surface area (Å²) in [6, 6.07) is 0. The van der Waals surface area contributed by atoms with Crippen LogP contribution in [-0.4, -0.2) is 29.0 Å². The lowest BCUT2D eigenvalue weighted by Gasteiger charge is -2.53. The standard InChI is InChI=1S/C11H21NO2/c1-10(2)6-8(9(13)14)7-11(3,4)12(10)5/h8H,6-7H2,1-5H3,(H,13,14)/p-1. The molecule has 0 aromatic heterocycles. The van der Waals surface area contributed by atoms with Crippen LogP contribution in [0.5, 0.6) is 0 Å². The van der Waals surface area contributed by atoms with Crippen LogP contribution in [0.1, 0.15) is 40.5 Å². The van der Waals surface area contributed by atoms with Gasteiger partial charge in [-0.3, -0.25) is 4.90 Å². The molecule has 1 rings (SSSR count). The topological polar surface area (TPSA) is 43.4 Å². The third-order valence-electron chi connectivity index (χ3n) is 3.64. The van der Waals surface area contributed by atoms with Crippen molar-refractivity contribution in [3.05, 3.63) is 0 Å². The Balaban J connectivity index is 2.91.